The summed E-state index contributed by atoms with van der Waals surface area (Å²) in [5.74, 6) is -1.07. The Hall–Kier alpha value is -2.08. The summed E-state index contributed by atoms with van der Waals surface area (Å²) in [6.45, 7) is 0.0952. The van der Waals surface area contributed by atoms with Gasteiger partial charge in [-0.05, 0) is 29.1 Å². The highest BCUT2D eigenvalue weighted by atomic mass is 32.1. The Labute approximate surface area is 113 Å². The second kappa shape index (κ2) is 5.71. The van der Waals surface area contributed by atoms with Gasteiger partial charge in [-0.2, -0.15) is 0 Å². The fourth-order valence-corrected chi connectivity index (χ4v) is 2.20. The molecule has 2 rings (SSSR count). The number of methoxy groups -OCH3 is 1. The van der Waals surface area contributed by atoms with Gasteiger partial charge in [0, 0.05) is 0 Å². The van der Waals surface area contributed by atoms with Gasteiger partial charge in [-0.1, -0.05) is 6.07 Å². The van der Waals surface area contributed by atoms with Crippen molar-refractivity contribution in [2.24, 2.45) is 0 Å². The van der Waals surface area contributed by atoms with Gasteiger partial charge in [-0.15, -0.1) is 11.3 Å². The van der Waals surface area contributed by atoms with Gasteiger partial charge in [0.1, 0.15) is 12.4 Å². The Morgan fingerprint density at radius 3 is 2.79 bits per heavy atom. The van der Waals surface area contributed by atoms with Crippen LogP contribution in [0, 0.1) is 5.82 Å². The van der Waals surface area contributed by atoms with Gasteiger partial charge >= 0.3 is 5.97 Å². The molecule has 0 fully saturated rings. The molecule has 0 saturated carbocycles. The number of thiophene rings is 1. The Morgan fingerprint density at radius 1 is 1.37 bits per heavy atom. The molecule has 0 aliphatic carbocycles. The summed E-state index contributed by atoms with van der Waals surface area (Å²) >= 11 is 1.08. The average Bonchev–Trinajstić information content (AvgIpc) is 2.85. The number of hydrogen-bond acceptors (Lipinski definition) is 4. The van der Waals surface area contributed by atoms with Crippen LogP contribution < -0.4 is 9.47 Å². The van der Waals surface area contributed by atoms with Gasteiger partial charge in [0.2, 0.25) is 0 Å². The summed E-state index contributed by atoms with van der Waals surface area (Å²) in [6, 6.07) is 6.04. The van der Waals surface area contributed by atoms with Crippen LogP contribution in [0.4, 0.5) is 4.39 Å². The predicted molar refractivity (Wildman–Crippen MR) is 68.6 cm³/mol. The molecule has 0 saturated heterocycles. The number of rotatable bonds is 5. The van der Waals surface area contributed by atoms with Crippen LogP contribution in [-0.4, -0.2) is 18.2 Å². The van der Waals surface area contributed by atoms with E-state index in [2.05, 4.69) is 0 Å². The highest BCUT2D eigenvalue weighted by molar-refractivity contribution is 7.12. The molecule has 0 atom stereocenters. The van der Waals surface area contributed by atoms with Gasteiger partial charge in [0.15, 0.2) is 16.4 Å². The zero-order chi connectivity index (χ0) is 13.8. The number of carboxylic acid groups (broad SMARTS) is 1. The summed E-state index contributed by atoms with van der Waals surface area (Å²) in [5.41, 5.74) is 0.598. The van der Waals surface area contributed by atoms with Crippen LogP contribution in [0.25, 0.3) is 0 Å². The van der Waals surface area contributed by atoms with E-state index in [1.807, 2.05) is 0 Å². The number of hydrogen-bond donors (Lipinski definition) is 1. The van der Waals surface area contributed by atoms with Crippen molar-refractivity contribution in [1.82, 2.24) is 0 Å². The first-order chi connectivity index (χ1) is 9.11. The molecule has 19 heavy (non-hydrogen) atoms. The number of carboxylic acids is 1. The molecule has 0 aliphatic heterocycles. The van der Waals surface area contributed by atoms with E-state index in [1.165, 1.54) is 19.2 Å². The number of halogens is 1. The fourth-order valence-electron chi connectivity index (χ4n) is 1.53. The first kappa shape index (κ1) is 13.4. The van der Waals surface area contributed by atoms with Crippen LogP contribution in [0.2, 0.25) is 0 Å². The molecule has 4 nitrogen and oxygen atoms in total. The third kappa shape index (κ3) is 3.03. The minimum absolute atomic E-state index is 0.0952. The lowest BCUT2D eigenvalue weighted by Gasteiger charge is -2.07. The van der Waals surface area contributed by atoms with Crippen molar-refractivity contribution in [2.45, 2.75) is 6.61 Å². The molecule has 0 unspecified atom stereocenters. The number of aromatic carboxylic acids is 1. The van der Waals surface area contributed by atoms with Crippen LogP contribution in [0.3, 0.4) is 0 Å². The molecular formula is C13H11FO4S. The topological polar surface area (TPSA) is 55.8 Å². The molecule has 6 heteroatoms. The van der Waals surface area contributed by atoms with Crippen LogP contribution in [-0.2, 0) is 6.61 Å². The highest BCUT2D eigenvalue weighted by Crippen LogP contribution is 2.26. The van der Waals surface area contributed by atoms with E-state index >= 15 is 0 Å². The highest BCUT2D eigenvalue weighted by Gasteiger charge is 2.13. The molecule has 2 aromatic rings. The van der Waals surface area contributed by atoms with Gasteiger partial charge in [0.05, 0.1) is 7.11 Å². The van der Waals surface area contributed by atoms with Crippen molar-refractivity contribution in [3.63, 3.8) is 0 Å². The molecule has 0 bridgehead atoms. The molecule has 0 aliphatic rings. The zero-order valence-corrected chi connectivity index (χ0v) is 10.9. The SMILES string of the molecule is COc1ccc(COc2ccsc2C(=O)O)cc1F. The first-order valence-corrected chi connectivity index (χ1v) is 6.25. The lowest BCUT2D eigenvalue weighted by atomic mass is 10.2. The van der Waals surface area contributed by atoms with Crippen LogP contribution in [0.15, 0.2) is 29.6 Å². The van der Waals surface area contributed by atoms with Gasteiger partial charge < -0.3 is 14.6 Å². The van der Waals surface area contributed by atoms with Gasteiger partial charge in [0.25, 0.3) is 0 Å². The van der Waals surface area contributed by atoms with Crippen molar-refractivity contribution in [3.05, 3.63) is 45.9 Å². The molecule has 0 amide bonds. The van der Waals surface area contributed by atoms with E-state index < -0.39 is 11.8 Å². The number of benzene rings is 1. The maximum Gasteiger partial charge on any atom is 0.349 e. The van der Waals surface area contributed by atoms with Crippen molar-refractivity contribution in [3.8, 4) is 11.5 Å². The quantitative estimate of drug-likeness (QED) is 0.915. The summed E-state index contributed by atoms with van der Waals surface area (Å²) in [5, 5.41) is 10.6. The Bertz CT molecular complexity index is 594. The van der Waals surface area contributed by atoms with E-state index in [0.717, 1.165) is 11.3 Å². The maximum atomic E-state index is 13.5. The smallest absolute Gasteiger partial charge is 0.349 e. The summed E-state index contributed by atoms with van der Waals surface area (Å²) in [6.07, 6.45) is 0. The van der Waals surface area contributed by atoms with Crippen molar-refractivity contribution in [1.29, 1.82) is 0 Å². The molecule has 1 heterocycles. The van der Waals surface area contributed by atoms with Gasteiger partial charge in [-0.25, -0.2) is 9.18 Å². The standard InChI is InChI=1S/C13H11FO4S/c1-17-10-3-2-8(6-9(10)14)7-18-11-4-5-19-12(11)13(15)16/h2-6H,7H2,1H3,(H,15,16). The van der Waals surface area contributed by atoms with Crippen LogP contribution >= 0.6 is 11.3 Å². The second-order valence-corrected chi connectivity index (χ2v) is 4.59. The zero-order valence-electron chi connectivity index (χ0n) is 10.1. The largest absolute Gasteiger partial charge is 0.494 e. The normalized spacial score (nSPS) is 10.2. The van der Waals surface area contributed by atoms with Crippen LogP contribution in [0.5, 0.6) is 11.5 Å². The number of carbonyl (C=O) groups is 1. The summed E-state index contributed by atoms with van der Waals surface area (Å²) in [7, 11) is 1.39. The average molecular weight is 282 g/mol. The van der Waals surface area contributed by atoms with Crippen LogP contribution in [0.1, 0.15) is 15.2 Å². The molecular weight excluding hydrogens is 271 g/mol. The first-order valence-electron chi connectivity index (χ1n) is 5.38. The molecule has 1 aromatic carbocycles. The molecule has 1 N–H and O–H groups in total. The molecule has 0 spiro atoms. The summed E-state index contributed by atoms with van der Waals surface area (Å²) < 4.78 is 23.6. The molecule has 100 valence electrons. The van der Waals surface area contributed by atoms with E-state index in [9.17, 15) is 9.18 Å². The Morgan fingerprint density at radius 2 is 2.16 bits per heavy atom. The van der Waals surface area contributed by atoms with E-state index in [1.54, 1.807) is 17.5 Å². The third-order valence-electron chi connectivity index (χ3n) is 2.43. The van der Waals surface area contributed by atoms with Gasteiger partial charge in [-0.3, -0.25) is 0 Å². The van der Waals surface area contributed by atoms with E-state index in [-0.39, 0.29) is 23.0 Å². The van der Waals surface area contributed by atoms with Crippen molar-refractivity contribution < 1.29 is 23.8 Å². The lowest BCUT2D eigenvalue weighted by Crippen LogP contribution is -2.00. The van der Waals surface area contributed by atoms with E-state index in [4.69, 9.17) is 14.6 Å². The monoisotopic (exact) mass is 282 g/mol. The Balaban J connectivity index is 2.08. The Kier molecular flexibility index (Phi) is 4.01. The lowest BCUT2D eigenvalue weighted by molar-refractivity contribution is 0.0697. The molecule has 1 aromatic heterocycles. The van der Waals surface area contributed by atoms with Crippen molar-refractivity contribution >= 4 is 17.3 Å². The fraction of sp³-hybridized carbons (Fsp3) is 0.154. The number of ether oxygens (including phenoxy) is 2. The minimum atomic E-state index is -1.04. The third-order valence-corrected chi connectivity index (χ3v) is 3.32. The summed E-state index contributed by atoms with van der Waals surface area (Å²) in [4.78, 5) is 11.0. The minimum Gasteiger partial charge on any atom is -0.494 e. The second-order valence-electron chi connectivity index (χ2n) is 3.68. The predicted octanol–water partition coefficient (Wildman–Crippen LogP) is 3.17. The van der Waals surface area contributed by atoms with E-state index in [0.29, 0.717) is 5.56 Å². The maximum absolute atomic E-state index is 13.5. The molecule has 0 radical (unpaired) electrons. The van der Waals surface area contributed by atoms with Crippen molar-refractivity contribution in [2.75, 3.05) is 7.11 Å².